The van der Waals surface area contributed by atoms with Gasteiger partial charge in [0.25, 0.3) is 0 Å². The van der Waals surface area contributed by atoms with E-state index < -0.39 is 0 Å². The Bertz CT molecular complexity index is 709. The summed E-state index contributed by atoms with van der Waals surface area (Å²) < 4.78 is 0. The van der Waals surface area contributed by atoms with Crippen LogP contribution in [0.15, 0.2) is 41.6 Å². The Morgan fingerprint density at radius 1 is 1.04 bits per heavy atom. The van der Waals surface area contributed by atoms with Gasteiger partial charge in [-0.2, -0.15) is 0 Å². The van der Waals surface area contributed by atoms with Gasteiger partial charge in [-0.15, -0.1) is 0 Å². The summed E-state index contributed by atoms with van der Waals surface area (Å²) >= 11 is 0. The van der Waals surface area contributed by atoms with Crippen LogP contribution in [0.2, 0.25) is 0 Å². The zero-order valence-electron chi connectivity index (χ0n) is 14.9. The highest BCUT2D eigenvalue weighted by atomic mass is 16.1. The molecule has 1 saturated heterocycles. The van der Waals surface area contributed by atoms with Crippen LogP contribution in [-0.2, 0) is 10.2 Å². The SMILES string of the molecule is CC1NNC2NC3=C(C(=O)CC(C)(C)C3)[C@@](C)(c3ccccc3)C12. The van der Waals surface area contributed by atoms with Gasteiger partial charge in [-0.1, -0.05) is 51.1 Å². The van der Waals surface area contributed by atoms with Gasteiger partial charge in [0.2, 0.25) is 0 Å². The smallest absolute Gasteiger partial charge is 0.162 e. The van der Waals surface area contributed by atoms with Crippen molar-refractivity contribution < 1.29 is 4.79 Å². The number of nitrogens with one attached hydrogen (secondary N) is 3. The van der Waals surface area contributed by atoms with Crippen LogP contribution in [0.3, 0.4) is 0 Å². The lowest BCUT2D eigenvalue weighted by molar-refractivity contribution is -0.119. The van der Waals surface area contributed by atoms with Crippen LogP contribution in [-0.4, -0.2) is 18.0 Å². The fourth-order valence-electron chi connectivity index (χ4n) is 5.17. The first-order chi connectivity index (χ1) is 11.3. The molecular formula is C20H27N3O. The summed E-state index contributed by atoms with van der Waals surface area (Å²) in [6.07, 6.45) is 1.70. The van der Waals surface area contributed by atoms with Crippen molar-refractivity contribution in [2.45, 2.75) is 58.2 Å². The molecule has 3 aliphatic rings. The summed E-state index contributed by atoms with van der Waals surface area (Å²) in [5.41, 5.74) is 9.89. The van der Waals surface area contributed by atoms with E-state index in [0.717, 1.165) is 17.7 Å². The second kappa shape index (κ2) is 5.17. The van der Waals surface area contributed by atoms with Crippen molar-refractivity contribution in [2.75, 3.05) is 0 Å². The van der Waals surface area contributed by atoms with Crippen molar-refractivity contribution in [2.24, 2.45) is 11.3 Å². The second-order valence-corrected chi connectivity index (χ2v) is 8.59. The summed E-state index contributed by atoms with van der Waals surface area (Å²) in [7, 11) is 0. The minimum atomic E-state index is -0.282. The first kappa shape index (κ1) is 15.9. The highest BCUT2D eigenvalue weighted by Gasteiger charge is 2.56. The zero-order valence-corrected chi connectivity index (χ0v) is 14.9. The lowest BCUT2D eigenvalue weighted by Crippen LogP contribution is -2.58. The van der Waals surface area contributed by atoms with E-state index in [1.54, 1.807) is 0 Å². The van der Waals surface area contributed by atoms with Crippen LogP contribution >= 0.6 is 0 Å². The predicted molar refractivity (Wildman–Crippen MR) is 95.0 cm³/mol. The van der Waals surface area contributed by atoms with Crippen LogP contribution in [0.5, 0.6) is 0 Å². The Balaban J connectivity index is 1.93. The first-order valence-corrected chi connectivity index (χ1v) is 8.93. The Morgan fingerprint density at radius 3 is 2.46 bits per heavy atom. The molecule has 0 radical (unpaired) electrons. The monoisotopic (exact) mass is 325 g/mol. The molecule has 0 aromatic heterocycles. The molecule has 4 heteroatoms. The van der Waals surface area contributed by atoms with Crippen LogP contribution in [0.25, 0.3) is 0 Å². The maximum absolute atomic E-state index is 13.2. The van der Waals surface area contributed by atoms with E-state index in [-0.39, 0.29) is 29.0 Å². The average molecular weight is 325 g/mol. The number of hydrogen-bond acceptors (Lipinski definition) is 4. The number of rotatable bonds is 1. The summed E-state index contributed by atoms with van der Waals surface area (Å²) in [6, 6.07) is 10.8. The van der Waals surface area contributed by atoms with Gasteiger partial charge in [0, 0.05) is 35.1 Å². The second-order valence-electron chi connectivity index (χ2n) is 8.59. The van der Waals surface area contributed by atoms with E-state index >= 15 is 0 Å². The van der Waals surface area contributed by atoms with Crippen LogP contribution in [0.1, 0.15) is 46.1 Å². The van der Waals surface area contributed by atoms with Crippen molar-refractivity contribution in [1.29, 1.82) is 0 Å². The van der Waals surface area contributed by atoms with Gasteiger partial charge in [0.1, 0.15) is 0 Å². The standard InChI is InChI=1S/C20H27N3O/c1-12-16-18(23-22-12)21-14-10-19(2,3)11-15(24)17(14)20(16,4)13-8-6-5-7-9-13/h5-9,12,16,18,21-23H,10-11H2,1-4H3/t12?,16?,18?,20-/m0/s1. The van der Waals surface area contributed by atoms with Gasteiger partial charge in [-0.25, -0.2) is 5.43 Å². The summed E-state index contributed by atoms with van der Waals surface area (Å²) in [5, 5.41) is 3.64. The molecule has 1 aromatic rings. The Kier molecular flexibility index (Phi) is 3.42. The normalized spacial score (nSPS) is 37.7. The summed E-state index contributed by atoms with van der Waals surface area (Å²) in [5.74, 6) is 0.585. The topological polar surface area (TPSA) is 53.2 Å². The number of carbonyl (C=O) groups excluding carboxylic acids is 1. The molecule has 4 nitrogen and oxygen atoms in total. The van der Waals surface area contributed by atoms with Crippen molar-refractivity contribution in [1.82, 2.24) is 16.2 Å². The molecule has 4 rings (SSSR count). The molecule has 0 saturated carbocycles. The van der Waals surface area contributed by atoms with Crippen LogP contribution in [0.4, 0.5) is 0 Å². The lowest BCUT2D eigenvalue weighted by atomic mass is 9.57. The molecule has 0 amide bonds. The van der Waals surface area contributed by atoms with Gasteiger partial charge >= 0.3 is 0 Å². The number of allylic oxidation sites excluding steroid dienone is 2. The fourth-order valence-corrected chi connectivity index (χ4v) is 5.17. The largest absolute Gasteiger partial charge is 0.371 e. The molecule has 1 aromatic carbocycles. The lowest BCUT2D eigenvalue weighted by Gasteiger charge is -2.50. The van der Waals surface area contributed by atoms with E-state index in [4.69, 9.17) is 0 Å². The molecule has 24 heavy (non-hydrogen) atoms. The molecule has 0 spiro atoms. The molecule has 3 unspecified atom stereocenters. The van der Waals surface area contributed by atoms with Crippen LogP contribution in [0, 0.1) is 11.3 Å². The third kappa shape index (κ3) is 2.16. The van der Waals surface area contributed by atoms with E-state index in [0.29, 0.717) is 12.2 Å². The first-order valence-electron chi connectivity index (χ1n) is 8.93. The third-order valence-corrected chi connectivity index (χ3v) is 6.13. The molecule has 4 atom stereocenters. The third-order valence-electron chi connectivity index (χ3n) is 6.13. The average Bonchev–Trinajstić information content (AvgIpc) is 2.88. The van der Waals surface area contributed by atoms with E-state index in [1.165, 1.54) is 5.56 Å². The number of carbonyl (C=O) groups is 1. The molecule has 1 aliphatic carbocycles. The van der Waals surface area contributed by atoms with Gasteiger partial charge in [0.15, 0.2) is 5.78 Å². The minimum Gasteiger partial charge on any atom is -0.371 e. The molecule has 3 N–H and O–H groups in total. The van der Waals surface area contributed by atoms with Crippen molar-refractivity contribution in [3.63, 3.8) is 0 Å². The molecule has 2 heterocycles. The van der Waals surface area contributed by atoms with Crippen molar-refractivity contribution >= 4 is 5.78 Å². The Hall–Kier alpha value is -1.65. The molecule has 0 bridgehead atoms. The Labute approximate surface area is 144 Å². The number of Topliss-reactive ketones (excluding diaryl/α,β-unsaturated/α-hetero) is 1. The number of ketones is 1. The zero-order chi connectivity index (χ0) is 17.1. The van der Waals surface area contributed by atoms with E-state index in [2.05, 4.69) is 68.1 Å². The maximum atomic E-state index is 13.2. The molecule has 128 valence electrons. The Morgan fingerprint density at radius 2 is 1.75 bits per heavy atom. The quantitative estimate of drug-likeness (QED) is 0.743. The molecule has 1 fully saturated rings. The highest BCUT2D eigenvalue weighted by Crippen LogP contribution is 2.52. The number of fused-ring (bicyclic) bond motifs is 1. The maximum Gasteiger partial charge on any atom is 0.162 e. The van der Waals surface area contributed by atoms with Crippen molar-refractivity contribution in [3.8, 4) is 0 Å². The van der Waals surface area contributed by atoms with Gasteiger partial charge in [-0.3, -0.25) is 10.2 Å². The minimum absolute atomic E-state index is 0.0188. The predicted octanol–water partition coefficient (Wildman–Crippen LogP) is 2.63. The molecule has 2 aliphatic heterocycles. The number of hydrazine groups is 1. The van der Waals surface area contributed by atoms with Gasteiger partial charge in [-0.05, 0) is 24.3 Å². The van der Waals surface area contributed by atoms with Gasteiger partial charge < -0.3 is 5.32 Å². The van der Waals surface area contributed by atoms with Crippen molar-refractivity contribution in [3.05, 3.63) is 47.2 Å². The summed E-state index contributed by atoms with van der Waals surface area (Å²) in [6.45, 7) is 8.83. The van der Waals surface area contributed by atoms with E-state index in [9.17, 15) is 4.79 Å². The number of benzene rings is 1. The number of hydrogen-bond donors (Lipinski definition) is 3. The fraction of sp³-hybridized carbons (Fsp3) is 0.550. The van der Waals surface area contributed by atoms with Crippen LogP contribution < -0.4 is 16.2 Å². The summed E-state index contributed by atoms with van der Waals surface area (Å²) in [4.78, 5) is 13.2. The van der Waals surface area contributed by atoms with E-state index in [1.807, 2.05) is 6.07 Å². The molecular weight excluding hydrogens is 298 g/mol. The highest BCUT2D eigenvalue weighted by molar-refractivity contribution is 6.00. The van der Waals surface area contributed by atoms with Gasteiger partial charge in [0.05, 0.1) is 6.17 Å².